The molecule has 0 saturated heterocycles. The SMILES string of the molecule is C[Si](C)(C)/N=C(\N)c1c(F)c(F)c(F)c(F)c1F. The highest BCUT2D eigenvalue weighted by Crippen LogP contribution is 2.23. The fraction of sp³-hybridized carbons (Fsp3) is 0.300. The zero-order valence-electron chi connectivity index (χ0n) is 9.91. The van der Waals surface area contributed by atoms with Crippen molar-refractivity contribution in [1.82, 2.24) is 0 Å². The van der Waals surface area contributed by atoms with Crippen LogP contribution in [-0.2, 0) is 0 Å². The Bertz CT molecular complexity index is 493. The molecule has 2 nitrogen and oxygen atoms in total. The summed E-state index contributed by atoms with van der Waals surface area (Å²) >= 11 is 0. The number of nitrogens with zero attached hydrogens (tertiary/aromatic N) is 1. The van der Waals surface area contributed by atoms with Crippen molar-refractivity contribution < 1.29 is 22.0 Å². The lowest BCUT2D eigenvalue weighted by molar-refractivity contribution is 0.377. The molecule has 0 radical (unpaired) electrons. The van der Waals surface area contributed by atoms with Gasteiger partial charge in [-0.05, 0) is 19.6 Å². The van der Waals surface area contributed by atoms with Crippen LogP contribution in [0.15, 0.2) is 4.66 Å². The van der Waals surface area contributed by atoms with Gasteiger partial charge in [-0.3, -0.25) is 0 Å². The molecule has 0 fully saturated rings. The lowest BCUT2D eigenvalue weighted by Gasteiger charge is -2.13. The molecule has 0 saturated carbocycles. The first-order valence-corrected chi connectivity index (χ1v) is 8.38. The Balaban J connectivity index is 3.57. The number of hydrogen-bond donors (Lipinski definition) is 1. The van der Waals surface area contributed by atoms with Crippen molar-refractivity contribution in [2.24, 2.45) is 10.4 Å². The molecule has 18 heavy (non-hydrogen) atoms. The van der Waals surface area contributed by atoms with Gasteiger partial charge in [0, 0.05) is 0 Å². The quantitative estimate of drug-likeness (QED) is 0.222. The van der Waals surface area contributed by atoms with E-state index in [1.165, 1.54) is 0 Å². The number of rotatable bonds is 2. The van der Waals surface area contributed by atoms with Gasteiger partial charge in [-0.2, -0.15) is 0 Å². The van der Waals surface area contributed by atoms with Crippen LogP contribution in [0.2, 0.25) is 19.6 Å². The molecule has 0 aliphatic heterocycles. The summed E-state index contributed by atoms with van der Waals surface area (Å²) in [6.45, 7) is 5.10. The molecule has 0 aromatic heterocycles. The van der Waals surface area contributed by atoms with Gasteiger partial charge in [0.1, 0.15) is 5.84 Å². The van der Waals surface area contributed by atoms with E-state index in [-0.39, 0.29) is 0 Å². The maximum atomic E-state index is 13.4. The second kappa shape index (κ2) is 4.67. The summed E-state index contributed by atoms with van der Waals surface area (Å²) in [7, 11) is -2.21. The van der Waals surface area contributed by atoms with Crippen LogP contribution in [0.5, 0.6) is 0 Å². The lowest BCUT2D eigenvalue weighted by Crippen LogP contribution is -2.27. The fourth-order valence-corrected chi connectivity index (χ4v) is 2.08. The van der Waals surface area contributed by atoms with E-state index in [9.17, 15) is 22.0 Å². The second-order valence-corrected chi connectivity index (χ2v) is 9.18. The highest BCUT2D eigenvalue weighted by molar-refractivity contribution is 6.75. The molecule has 100 valence electrons. The largest absolute Gasteiger partial charge is 0.384 e. The van der Waals surface area contributed by atoms with Crippen molar-refractivity contribution in [3.05, 3.63) is 34.6 Å². The summed E-state index contributed by atoms with van der Waals surface area (Å²) in [5, 5.41) is 0. The van der Waals surface area contributed by atoms with Gasteiger partial charge in [-0.25, -0.2) is 22.0 Å². The summed E-state index contributed by atoms with van der Waals surface area (Å²) in [5.74, 6) is -10.9. The third-order valence-corrected chi connectivity index (χ3v) is 2.83. The lowest BCUT2D eigenvalue weighted by atomic mass is 10.1. The molecule has 8 heteroatoms. The van der Waals surface area contributed by atoms with Crippen molar-refractivity contribution in [1.29, 1.82) is 0 Å². The molecule has 0 unspecified atom stereocenters. The normalized spacial score (nSPS) is 13.0. The van der Waals surface area contributed by atoms with E-state index in [0.29, 0.717) is 0 Å². The molecule has 0 atom stereocenters. The third kappa shape index (κ3) is 2.69. The van der Waals surface area contributed by atoms with Crippen LogP contribution in [0.1, 0.15) is 5.56 Å². The number of amidine groups is 1. The predicted octanol–water partition coefficient (Wildman–Crippen LogP) is 2.92. The van der Waals surface area contributed by atoms with Crippen LogP contribution in [0.4, 0.5) is 22.0 Å². The Morgan fingerprint density at radius 1 is 0.833 bits per heavy atom. The molecule has 0 aliphatic rings. The van der Waals surface area contributed by atoms with E-state index >= 15 is 0 Å². The Labute approximate surface area is 101 Å². The molecule has 1 rings (SSSR count). The minimum atomic E-state index is -2.21. The Kier molecular flexibility index (Phi) is 3.80. The molecule has 0 amide bonds. The van der Waals surface area contributed by atoms with Crippen molar-refractivity contribution in [2.75, 3.05) is 0 Å². The van der Waals surface area contributed by atoms with Gasteiger partial charge in [0.25, 0.3) is 0 Å². The zero-order valence-corrected chi connectivity index (χ0v) is 10.9. The van der Waals surface area contributed by atoms with E-state index < -0.39 is 48.7 Å². The third-order valence-electron chi connectivity index (χ3n) is 1.92. The van der Waals surface area contributed by atoms with Gasteiger partial charge < -0.3 is 10.4 Å². The van der Waals surface area contributed by atoms with E-state index in [1.807, 2.05) is 0 Å². The molecule has 0 bridgehead atoms. The molecule has 0 spiro atoms. The number of benzene rings is 1. The van der Waals surface area contributed by atoms with Gasteiger partial charge in [-0.15, -0.1) is 0 Å². The molecular formula is C10H11F5N2Si. The molecule has 1 aromatic carbocycles. The molecule has 2 N–H and O–H groups in total. The van der Waals surface area contributed by atoms with Crippen molar-refractivity contribution >= 4 is 14.1 Å². The first-order chi connectivity index (χ1) is 8.06. The van der Waals surface area contributed by atoms with Gasteiger partial charge in [0.05, 0.1) is 5.56 Å². The molecule has 0 heterocycles. The van der Waals surface area contributed by atoms with Crippen LogP contribution in [0, 0.1) is 29.1 Å². The number of halogens is 5. The molecular weight excluding hydrogens is 271 g/mol. The van der Waals surface area contributed by atoms with E-state index in [1.54, 1.807) is 19.6 Å². The summed E-state index contributed by atoms with van der Waals surface area (Å²) in [4.78, 5) is 0. The van der Waals surface area contributed by atoms with Crippen LogP contribution < -0.4 is 5.73 Å². The summed E-state index contributed by atoms with van der Waals surface area (Å²) in [5.41, 5.74) is 4.15. The van der Waals surface area contributed by atoms with Crippen LogP contribution in [0.25, 0.3) is 0 Å². The monoisotopic (exact) mass is 282 g/mol. The summed E-state index contributed by atoms with van der Waals surface area (Å²) in [6.07, 6.45) is 0. The number of hydrogen-bond acceptors (Lipinski definition) is 1. The summed E-state index contributed by atoms with van der Waals surface area (Å²) in [6, 6.07) is 0. The maximum absolute atomic E-state index is 13.4. The second-order valence-electron chi connectivity index (χ2n) is 4.61. The molecule has 0 aliphatic carbocycles. The maximum Gasteiger partial charge on any atom is 0.200 e. The summed E-state index contributed by atoms with van der Waals surface area (Å²) < 4.78 is 69.2. The predicted molar refractivity (Wildman–Crippen MR) is 60.3 cm³/mol. The Morgan fingerprint density at radius 2 is 1.17 bits per heavy atom. The van der Waals surface area contributed by atoms with Gasteiger partial charge in [0.2, 0.25) is 5.82 Å². The first kappa shape index (κ1) is 14.6. The molecule has 1 aromatic rings. The fourth-order valence-electron chi connectivity index (χ4n) is 1.25. The van der Waals surface area contributed by atoms with Crippen LogP contribution >= 0.6 is 0 Å². The van der Waals surface area contributed by atoms with E-state index in [2.05, 4.69) is 4.66 Å². The van der Waals surface area contributed by atoms with Gasteiger partial charge in [-0.1, -0.05) is 0 Å². The smallest absolute Gasteiger partial charge is 0.200 e. The van der Waals surface area contributed by atoms with Crippen LogP contribution in [-0.4, -0.2) is 14.1 Å². The zero-order chi connectivity index (χ0) is 14.2. The van der Waals surface area contributed by atoms with Gasteiger partial charge in [0.15, 0.2) is 31.5 Å². The van der Waals surface area contributed by atoms with E-state index in [4.69, 9.17) is 5.73 Å². The minimum Gasteiger partial charge on any atom is -0.384 e. The topological polar surface area (TPSA) is 38.4 Å². The average Bonchev–Trinajstić information content (AvgIpc) is 2.21. The standard InChI is InChI=1S/C10H11F5N2Si/c1-18(2,3)17-10(16)4-5(11)7(13)9(15)8(14)6(4)12/h1-3H3,(H2,16,17). The van der Waals surface area contributed by atoms with Gasteiger partial charge >= 0.3 is 0 Å². The minimum absolute atomic E-state index is 0.679. The first-order valence-electron chi connectivity index (χ1n) is 4.93. The Morgan fingerprint density at radius 3 is 1.50 bits per heavy atom. The number of nitrogens with two attached hydrogens (primary N) is 1. The van der Waals surface area contributed by atoms with Crippen molar-refractivity contribution in [3.8, 4) is 0 Å². The van der Waals surface area contributed by atoms with Crippen molar-refractivity contribution in [3.63, 3.8) is 0 Å². The van der Waals surface area contributed by atoms with Crippen molar-refractivity contribution in [2.45, 2.75) is 19.6 Å². The Hall–Kier alpha value is -1.44. The highest BCUT2D eigenvalue weighted by Gasteiger charge is 2.28. The average molecular weight is 282 g/mol. The van der Waals surface area contributed by atoms with Crippen LogP contribution in [0.3, 0.4) is 0 Å². The highest BCUT2D eigenvalue weighted by atomic mass is 28.3. The van der Waals surface area contributed by atoms with E-state index in [0.717, 1.165) is 0 Å².